The molecule has 2 aromatic rings. The zero-order chi connectivity index (χ0) is 13.8. The first-order valence-electron chi connectivity index (χ1n) is 5.45. The molecule has 0 aliphatic rings. The molecule has 0 unspecified atom stereocenters. The van der Waals surface area contributed by atoms with Crippen molar-refractivity contribution in [1.29, 1.82) is 5.26 Å². The van der Waals surface area contributed by atoms with Crippen LogP contribution < -0.4 is 10.5 Å². The van der Waals surface area contributed by atoms with Crippen LogP contribution in [0.4, 0.5) is 14.5 Å². The second-order valence-electron chi connectivity index (χ2n) is 3.79. The number of ether oxygens (including phenoxy) is 1. The molecular weight excluding hydrogens is 250 g/mol. The highest BCUT2D eigenvalue weighted by molar-refractivity contribution is 5.77. The van der Waals surface area contributed by atoms with Crippen LogP contribution in [-0.4, -0.2) is 6.61 Å². The Morgan fingerprint density at radius 2 is 1.79 bits per heavy atom. The van der Waals surface area contributed by atoms with E-state index in [4.69, 9.17) is 11.0 Å². The molecule has 0 aliphatic carbocycles. The van der Waals surface area contributed by atoms with Gasteiger partial charge in [-0.15, -0.1) is 0 Å². The quantitative estimate of drug-likeness (QED) is 0.860. The van der Waals surface area contributed by atoms with Crippen LogP contribution in [-0.2, 0) is 0 Å². The van der Waals surface area contributed by atoms with Crippen LogP contribution in [0.2, 0.25) is 0 Å². The number of anilines is 1. The molecule has 0 atom stereocenters. The van der Waals surface area contributed by atoms with Crippen molar-refractivity contribution in [1.82, 2.24) is 0 Å². The van der Waals surface area contributed by atoms with E-state index < -0.39 is 6.61 Å². The van der Waals surface area contributed by atoms with Gasteiger partial charge in [0.1, 0.15) is 0 Å². The van der Waals surface area contributed by atoms with Gasteiger partial charge in [0, 0.05) is 5.56 Å². The Hall–Kier alpha value is -2.61. The van der Waals surface area contributed by atoms with Crippen molar-refractivity contribution in [3.63, 3.8) is 0 Å². The van der Waals surface area contributed by atoms with Gasteiger partial charge in [0.2, 0.25) is 0 Å². The van der Waals surface area contributed by atoms with Crippen molar-refractivity contribution in [3.05, 3.63) is 48.0 Å². The maximum atomic E-state index is 12.4. The van der Waals surface area contributed by atoms with Crippen molar-refractivity contribution in [2.24, 2.45) is 0 Å². The first kappa shape index (κ1) is 12.8. The molecular formula is C14H10F2N2O. The van der Waals surface area contributed by atoms with Gasteiger partial charge in [-0.2, -0.15) is 14.0 Å². The summed E-state index contributed by atoms with van der Waals surface area (Å²) in [5.74, 6) is -0.0535. The molecule has 3 nitrogen and oxygen atoms in total. The summed E-state index contributed by atoms with van der Waals surface area (Å²) in [6, 6.07) is 13.3. The van der Waals surface area contributed by atoms with E-state index in [1.54, 1.807) is 36.4 Å². The lowest BCUT2D eigenvalue weighted by atomic mass is 10.0. The number of nitrogen functional groups attached to an aromatic ring is 1. The summed E-state index contributed by atoms with van der Waals surface area (Å²) in [5.41, 5.74) is 7.40. The summed E-state index contributed by atoms with van der Waals surface area (Å²) in [4.78, 5) is 0. The van der Waals surface area contributed by atoms with Gasteiger partial charge >= 0.3 is 6.61 Å². The number of alkyl halides is 2. The summed E-state index contributed by atoms with van der Waals surface area (Å²) < 4.78 is 29.3. The first-order chi connectivity index (χ1) is 9.11. The molecule has 5 heteroatoms. The third kappa shape index (κ3) is 2.80. The maximum absolute atomic E-state index is 12.4. The van der Waals surface area contributed by atoms with Crippen LogP contribution in [0, 0.1) is 11.3 Å². The van der Waals surface area contributed by atoms with E-state index in [0.29, 0.717) is 16.7 Å². The van der Waals surface area contributed by atoms with Gasteiger partial charge in [0.15, 0.2) is 5.75 Å². The summed E-state index contributed by atoms with van der Waals surface area (Å²) in [5, 5.41) is 8.72. The summed E-state index contributed by atoms with van der Waals surface area (Å²) in [6.07, 6.45) is 0. The Morgan fingerprint density at radius 1 is 1.11 bits per heavy atom. The molecule has 2 aromatic carbocycles. The molecule has 0 saturated carbocycles. The van der Waals surface area contributed by atoms with E-state index in [-0.39, 0.29) is 11.4 Å². The van der Waals surface area contributed by atoms with Crippen LogP contribution in [0.1, 0.15) is 5.56 Å². The number of nitriles is 1. The zero-order valence-corrected chi connectivity index (χ0v) is 9.81. The largest absolute Gasteiger partial charge is 0.432 e. The molecule has 0 heterocycles. The van der Waals surface area contributed by atoms with E-state index in [2.05, 4.69) is 4.74 Å². The van der Waals surface area contributed by atoms with Gasteiger partial charge in [-0.3, -0.25) is 0 Å². The fraction of sp³-hybridized carbons (Fsp3) is 0.0714. The number of hydrogen-bond acceptors (Lipinski definition) is 3. The Balaban J connectivity index is 2.48. The van der Waals surface area contributed by atoms with Gasteiger partial charge in [-0.1, -0.05) is 24.3 Å². The van der Waals surface area contributed by atoms with Crippen LogP contribution in [0.3, 0.4) is 0 Å². The highest BCUT2D eigenvalue weighted by Crippen LogP contribution is 2.35. The van der Waals surface area contributed by atoms with Crippen LogP contribution >= 0.6 is 0 Å². The lowest BCUT2D eigenvalue weighted by Crippen LogP contribution is -2.05. The van der Waals surface area contributed by atoms with Gasteiger partial charge in [-0.05, 0) is 23.8 Å². The molecule has 0 saturated heterocycles. The average molecular weight is 260 g/mol. The standard InChI is InChI=1S/C14H10F2N2O/c15-14(16)19-13-11(2-1-3-12(13)18)10-6-4-9(8-17)5-7-10/h1-7,14H,18H2. The highest BCUT2D eigenvalue weighted by atomic mass is 19.3. The predicted octanol–water partition coefficient (Wildman–Crippen LogP) is 3.41. The van der Waals surface area contributed by atoms with Gasteiger partial charge < -0.3 is 10.5 Å². The number of rotatable bonds is 3. The van der Waals surface area contributed by atoms with E-state index >= 15 is 0 Å². The minimum absolute atomic E-state index is 0.0535. The molecule has 0 amide bonds. The second kappa shape index (κ2) is 5.36. The van der Waals surface area contributed by atoms with Crippen LogP contribution in [0.5, 0.6) is 5.75 Å². The summed E-state index contributed by atoms with van der Waals surface area (Å²) >= 11 is 0. The highest BCUT2D eigenvalue weighted by Gasteiger charge is 2.14. The first-order valence-corrected chi connectivity index (χ1v) is 5.45. The van der Waals surface area contributed by atoms with Crippen LogP contribution in [0.25, 0.3) is 11.1 Å². The predicted molar refractivity (Wildman–Crippen MR) is 67.6 cm³/mol. The van der Waals surface area contributed by atoms with Crippen molar-refractivity contribution in [2.75, 3.05) is 5.73 Å². The molecule has 0 aromatic heterocycles. The summed E-state index contributed by atoms with van der Waals surface area (Å²) in [7, 11) is 0. The van der Waals surface area contributed by atoms with E-state index in [1.165, 1.54) is 6.07 Å². The second-order valence-corrected chi connectivity index (χ2v) is 3.79. The SMILES string of the molecule is N#Cc1ccc(-c2cccc(N)c2OC(F)F)cc1. The third-order valence-corrected chi connectivity index (χ3v) is 2.58. The zero-order valence-electron chi connectivity index (χ0n) is 9.81. The average Bonchev–Trinajstić information content (AvgIpc) is 2.41. The topological polar surface area (TPSA) is 59.0 Å². The fourth-order valence-electron chi connectivity index (χ4n) is 1.73. The Bertz CT molecular complexity index is 618. The number of para-hydroxylation sites is 1. The van der Waals surface area contributed by atoms with Crippen molar-refractivity contribution >= 4 is 5.69 Å². The molecule has 0 fully saturated rings. The monoisotopic (exact) mass is 260 g/mol. The van der Waals surface area contributed by atoms with E-state index in [0.717, 1.165) is 0 Å². The van der Waals surface area contributed by atoms with Gasteiger partial charge in [0.25, 0.3) is 0 Å². The van der Waals surface area contributed by atoms with Gasteiger partial charge in [-0.25, -0.2) is 0 Å². The van der Waals surface area contributed by atoms with Gasteiger partial charge in [0.05, 0.1) is 17.3 Å². The minimum atomic E-state index is -2.94. The molecule has 0 bridgehead atoms. The Labute approximate surface area is 108 Å². The molecule has 96 valence electrons. The number of nitrogens with zero attached hydrogens (tertiary/aromatic N) is 1. The number of halogens is 2. The lowest BCUT2D eigenvalue weighted by molar-refractivity contribution is -0.0489. The molecule has 2 rings (SSSR count). The number of hydrogen-bond donors (Lipinski definition) is 1. The number of benzene rings is 2. The molecule has 0 aliphatic heterocycles. The fourth-order valence-corrected chi connectivity index (χ4v) is 1.73. The smallest absolute Gasteiger partial charge is 0.387 e. The molecule has 19 heavy (non-hydrogen) atoms. The lowest BCUT2D eigenvalue weighted by Gasteiger charge is -2.13. The normalized spacial score (nSPS) is 10.2. The minimum Gasteiger partial charge on any atom is -0.432 e. The van der Waals surface area contributed by atoms with Crippen molar-refractivity contribution < 1.29 is 13.5 Å². The molecule has 2 N–H and O–H groups in total. The maximum Gasteiger partial charge on any atom is 0.387 e. The number of nitrogens with two attached hydrogens (primary N) is 1. The van der Waals surface area contributed by atoms with Crippen molar-refractivity contribution in [3.8, 4) is 22.9 Å². The van der Waals surface area contributed by atoms with Crippen molar-refractivity contribution in [2.45, 2.75) is 6.61 Å². The Kier molecular flexibility index (Phi) is 3.62. The van der Waals surface area contributed by atoms with Crippen LogP contribution in [0.15, 0.2) is 42.5 Å². The molecule has 0 spiro atoms. The molecule has 0 radical (unpaired) electrons. The Morgan fingerprint density at radius 3 is 2.37 bits per heavy atom. The summed E-state index contributed by atoms with van der Waals surface area (Å²) in [6.45, 7) is -2.94. The van der Waals surface area contributed by atoms with E-state index in [9.17, 15) is 8.78 Å². The third-order valence-electron chi connectivity index (χ3n) is 2.58. The van der Waals surface area contributed by atoms with E-state index in [1.807, 2.05) is 6.07 Å².